The number of carbonyl (C=O) groups is 2. The first-order valence-electron chi connectivity index (χ1n) is 19.6. The largest absolute Gasteiger partial charge is 0.349 e. The van der Waals surface area contributed by atoms with Crippen LogP contribution in [0, 0.1) is 23.7 Å². The van der Waals surface area contributed by atoms with Gasteiger partial charge in [0.05, 0.1) is 46.6 Å². The van der Waals surface area contributed by atoms with Crippen LogP contribution in [0.3, 0.4) is 0 Å². The normalized spacial score (nSPS) is 22.8. The monoisotopic (exact) mass is 829 g/mol. The Hall–Kier alpha value is -3.77. The summed E-state index contributed by atoms with van der Waals surface area (Å²) in [6.45, 7) is 9.51. The average molecular weight is 831 g/mol. The van der Waals surface area contributed by atoms with Gasteiger partial charge in [-0.25, -0.2) is 10.5 Å². The van der Waals surface area contributed by atoms with Gasteiger partial charge in [0, 0.05) is 72.9 Å². The number of fused-ring (bicyclic) bond motifs is 4. The molecule has 0 aromatic heterocycles. The van der Waals surface area contributed by atoms with Gasteiger partial charge in [-0.05, 0) is 76.8 Å². The summed E-state index contributed by atoms with van der Waals surface area (Å²) in [4.78, 5) is 36.3. The first kappa shape index (κ1) is 41.4. The number of nitrogens with two attached hydrogens (primary N) is 1. The fourth-order valence-electron chi connectivity index (χ4n) is 8.50. The number of hydroxylamine groups is 1. The van der Waals surface area contributed by atoms with Crippen molar-refractivity contribution >= 4 is 59.9 Å². The van der Waals surface area contributed by atoms with Gasteiger partial charge in [-0.1, -0.05) is 71.8 Å². The Morgan fingerprint density at radius 1 is 0.895 bits per heavy atom. The molecule has 14 heteroatoms. The number of nitrogens with zero attached hydrogens (tertiary/aromatic N) is 5. The summed E-state index contributed by atoms with van der Waals surface area (Å²) in [6.07, 6.45) is 15.4. The van der Waals surface area contributed by atoms with E-state index >= 15 is 0 Å². The van der Waals surface area contributed by atoms with Crippen molar-refractivity contribution in [2.45, 2.75) is 0 Å². The van der Waals surface area contributed by atoms with Gasteiger partial charge in [-0.3, -0.25) is 19.5 Å². The third-order valence-electron chi connectivity index (χ3n) is 11.5. The number of ketones is 2. The molecule has 57 heavy (non-hydrogen) atoms. The Labute approximate surface area is 346 Å². The van der Waals surface area contributed by atoms with E-state index in [9.17, 15) is 9.59 Å². The van der Waals surface area contributed by atoms with Crippen LogP contribution in [0.2, 0.25) is 10.0 Å². The van der Waals surface area contributed by atoms with Crippen molar-refractivity contribution in [2.24, 2.45) is 34.5 Å². The van der Waals surface area contributed by atoms with Gasteiger partial charge in [-0.15, -0.1) is 0 Å². The highest BCUT2D eigenvalue weighted by atomic mass is 35.5. The molecule has 6 aliphatic rings. The minimum atomic E-state index is -0.217. The Bertz CT molecular complexity index is 2100. The number of halogens is 2. The Balaban J connectivity index is 0.000000177. The second-order valence-electron chi connectivity index (χ2n) is 15.3. The number of hydrogen-bond acceptors (Lipinski definition) is 10. The first-order chi connectivity index (χ1) is 27.6. The van der Waals surface area contributed by atoms with Gasteiger partial charge < -0.3 is 20.7 Å². The van der Waals surface area contributed by atoms with E-state index in [1.54, 1.807) is 12.1 Å². The summed E-state index contributed by atoms with van der Waals surface area (Å²) in [5, 5.41) is 16.8. The quantitative estimate of drug-likeness (QED) is 0.119. The van der Waals surface area contributed by atoms with E-state index in [0.29, 0.717) is 27.7 Å². The molecule has 0 bridgehead atoms. The van der Waals surface area contributed by atoms with Crippen molar-refractivity contribution in [2.75, 3.05) is 85.8 Å². The Kier molecular flexibility index (Phi) is 13.4. The van der Waals surface area contributed by atoms with Gasteiger partial charge in [0.25, 0.3) is 0 Å². The highest BCUT2D eigenvalue weighted by Gasteiger charge is 2.48. The van der Waals surface area contributed by atoms with Crippen LogP contribution < -0.4 is 16.2 Å². The predicted molar refractivity (Wildman–Crippen MR) is 231 cm³/mol. The molecule has 300 valence electrons. The smallest absolute Gasteiger partial charge is 0.172 e. The van der Waals surface area contributed by atoms with Crippen LogP contribution >= 0.6 is 31.1 Å². The second-order valence-corrected chi connectivity index (χ2v) is 18.3. The lowest BCUT2D eigenvalue weighted by atomic mass is 9.70. The van der Waals surface area contributed by atoms with Crippen LogP contribution in [0.1, 0.15) is 31.8 Å². The number of carbonyl (C=O) groups excluding carboxylic acids is 2. The Morgan fingerprint density at radius 3 is 2.23 bits per heavy atom. The van der Waals surface area contributed by atoms with Crippen LogP contribution in [0.25, 0.3) is 5.57 Å². The molecule has 2 heterocycles. The van der Waals surface area contributed by atoms with Crippen molar-refractivity contribution in [3.63, 3.8) is 0 Å². The molecule has 0 spiro atoms. The summed E-state index contributed by atoms with van der Waals surface area (Å²) >= 11 is 12.8. The van der Waals surface area contributed by atoms with Crippen molar-refractivity contribution in [3.8, 4) is 0 Å². The van der Waals surface area contributed by atoms with Crippen molar-refractivity contribution in [3.05, 3.63) is 123 Å². The van der Waals surface area contributed by atoms with Crippen LogP contribution in [0.15, 0.2) is 95.5 Å². The summed E-state index contributed by atoms with van der Waals surface area (Å²) in [5.41, 5.74) is 15.3. The van der Waals surface area contributed by atoms with E-state index in [4.69, 9.17) is 39.2 Å². The molecule has 0 amide bonds. The lowest BCUT2D eigenvalue weighted by Gasteiger charge is -2.33. The number of hydrogen-bond donors (Lipinski definition) is 4. The summed E-state index contributed by atoms with van der Waals surface area (Å²) in [7, 11) is 4.04. The van der Waals surface area contributed by atoms with E-state index in [1.165, 1.54) is 11.3 Å². The standard InChI is InChI=1S/C23H29ClN5OP.C20H22ClN3O2/c1-28(11-10-26-15-31(2)14-9-25)12-13-29-19-8-4-6-17-21(19)22(27-29)16-5-3-7-18(24)20(16)23(17)30;1-23(9-8-22-26)10-11-24-12-15-13-4-2-6-16(21)19(13)20(25)14-5-3-7-17(24)18(14)15/h3-8,15,17,21H,9-14,25H2,1-2H3;2-7,12,14,18,22,26H,8-11H2,1H3/p+1. The van der Waals surface area contributed by atoms with Crippen LogP contribution in [0.5, 0.6) is 0 Å². The SMILES string of the molecule is CN(CCNO)CCN1C=C2c3cccc(Cl)c3C(=O)C3C=CC=C1C23.CN(CC[NH+]=CP(C)CCN)CCN1N=C2c3cccc(Cl)c3C(=O)C3C=CC=C1C23. The van der Waals surface area contributed by atoms with E-state index in [0.717, 1.165) is 81.1 Å². The molecular weight excluding hydrogens is 778 g/mol. The first-order valence-corrected chi connectivity index (χ1v) is 22.4. The molecule has 0 radical (unpaired) electrons. The van der Waals surface area contributed by atoms with E-state index in [-0.39, 0.29) is 43.2 Å². The Morgan fingerprint density at radius 2 is 1.53 bits per heavy atom. The summed E-state index contributed by atoms with van der Waals surface area (Å²) in [6, 6.07) is 11.4. The molecule has 2 aromatic carbocycles. The van der Waals surface area contributed by atoms with Gasteiger partial charge >= 0.3 is 0 Å². The van der Waals surface area contributed by atoms with Gasteiger partial charge in [0.1, 0.15) is 0 Å². The zero-order chi connectivity index (χ0) is 40.2. The maximum atomic E-state index is 13.1. The zero-order valence-electron chi connectivity index (χ0n) is 32.7. The molecule has 5 unspecified atom stereocenters. The lowest BCUT2D eigenvalue weighted by molar-refractivity contribution is -0.449. The molecule has 4 aliphatic carbocycles. The summed E-state index contributed by atoms with van der Waals surface area (Å²) < 4.78 is 0. The highest BCUT2D eigenvalue weighted by Crippen LogP contribution is 2.51. The number of Topliss-reactive ketones (excluding diaryl/α,β-unsaturated/α-hetero) is 2. The van der Waals surface area contributed by atoms with E-state index in [1.807, 2.05) is 55.6 Å². The van der Waals surface area contributed by atoms with Crippen molar-refractivity contribution < 1.29 is 19.8 Å². The third-order valence-corrected chi connectivity index (χ3v) is 13.7. The maximum absolute atomic E-state index is 13.1. The average Bonchev–Trinajstić information content (AvgIpc) is 3.78. The van der Waals surface area contributed by atoms with Crippen molar-refractivity contribution in [1.82, 2.24) is 25.2 Å². The van der Waals surface area contributed by atoms with Gasteiger partial charge in [0.2, 0.25) is 0 Å². The summed E-state index contributed by atoms with van der Waals surface area (Å²) in [5.74, 6) is 2.10. The molecular formula is C43H52Cl2N8O3P+. The molecule has 0 fully saturated rings. The lowest BCUT2D eigenvalue weighted by Crippen LogP contribution is -2.70. The third kappa shape index (κ3) is 8.54. The van der Waals surface area contributed by atoms with E-state index < -0.39 is 0 Å². The minimum absolute atomic E-state index is 0.00335. The number of rotatable bonds is 15. The fraction of sp³-hybridized carbons (Fsp3) is 0.395. The fourth-order valence-corrected chi connectivity index (χ4v) is 10.0. The topological polar surface area (TPSA) is 132 Å². The maximum Gasteiger partial charge on any atom is 0.172 e. The number of nitrogens with one attached hydrogen (secondary N) is 2. The second kappa shape index (κ2) is 18.4. The highest BCUT2D eigenvalue weighted by molar-refractivity contribution is 7.71. The molecule has 11 nitrogen and oxygen atoms in total. The predicted octanol–water partition coefficient (Wildman–Crippen LogP) is 4.14. The number of benzene rings is 2. The molecule has 2 aliphatic heterocycles. The van der Waals surface area contributed by atoms with Crippen molar-refractivity contribution in [1.29, 1.82) is 0 Å². The van der Waals surface area contributed by atoms with E-state index in [2.05, 4.69) is 68.2 Å². The molecule has 5 atom stereocenters. The van der Waals surface area contributed by atoms with Crippen LogP contribution in [0.4, 0.5) is 0 Å². The minimum Gasteiger partial charge on any atom is -0.349 e. The number of allylic oxidation sites excluding steroid dienone is 8. The van der Waals surface area contributed by atoms with Gasteiger partial charge in [0.15, 0.2) is 24.1 Å². The van der Waals surface area contributed by atoms with Crippen LogP contribution in [-0.2, 0) is 0 Å². The number of hydrazone groups is 1. The molecule has 2 aromatic rings. The molecule has 5 N–H and O–H groups in total. The van der Waals surface area contributed by atoms with Crippen LogP contribution in [-0.4, -0.2) is 134 Å². The van der Waals surface area contributed by atoms with Gasteiger partial charge in [-0.2, -0.15) is 5.10 Å². The zero-order valence-corrected chi connectivity index (χ0v) is 35.1. The molecule has 0 saturated carbocycles. The number of likely N-dealkylation sites (N-methyl/N-ethyl adjacent to an activating group) is 2. The molecule has 0 saturated heterocycles. The molecule has 8 rings (SSSR count).